The topological polar surface area (TPSA) is 67.5 Å². The number of rotatable bonds is 6. The van der Waals surface area contributed by atoms with Crippen LogP contribution in [0.2, 0.25) is 0 Å². The lowest BCUT2D eigenvalue weighted by molar-refractivity contribution is 0.0923. The zero-order valence-electron chi connectivity index (χ0n) is 17.3. The van der Waals surface area contributed by atoms with Crippen molar-refractivity contribution in [2.24, 2.45) is 0 Å². The average molecular weight is 426 g/mol. The number of hydrogen-bond acceptors (Lipinski definition) is 6. The van der Waals surface area contributed by atoms with Gasteiger partial charge in [0.2, 0.25) is 0 Å². The Hall–Kier alpha value is -2.38. The average Bonchev–Trinajstić information content (AvgIpc) is 3.32. The van der Waals surface area contributed by atoms with Crippen LogP contribution in [0.4, 0.5) is 0 Å². The summed E-state index contributed by atoms with van der Waals surface area (Å²) in [5.74, 6) is 2.40. The Morgan fingerprint density at radius 1 is 1.20 bits per heavy atom. The van der Waals surface area contributed by atoms with E-state index in [-0.39, 0.29) is 11.7 Å². The number of thiophene rings is 1. The number of nitrogens with zero attached hydrogens (tertiary/aromatic N) is 2. The summed E-state index contributed by atoms with van der Waals surface area (Å²) in [5.41, 5.74) is 1.26. The summed E-state index contributed by atoms with van der Waals surface area (Å²) >= 11 is 1.70. The molecule has 5 rings (SSSR count). The Kier molecular flexibility index (Phi) is 5.48. The molecule has 1 N–H and O–H groups in total. The van der Waals surface area contributed by atoms with E-state index in [0.29, 0.717) is 13.2 Å². The monoisotopic (exact) mass is 425 g/mol. The van der Waals surface area contributed by atoms with Gasteiger partial charge in [-0.1, -0.05) is 12.1 Å². The fourth-order valence-electron chi connectivity index (χ4n) is 4.52. The molecule has 1 aliphatic heterocycles. The Labute approximate surface area is 179 Å². The lowest BCUT2D eigenvalue weighted by Crippen LogP contribution is -2.38. The van der Waals surface area contributed by atoms with E-state index in [2.05, 4.69) is 9.88 Å². The Morgan fingerprint density at radius 2 is 2.00 bits per heavy atom. The van der Waals surface area contributed by atoms with Gasteiger partial charge in [-0.3, -0.25) is 9.69 Å². The van der Waals surface area contributed by atoms with Gasteiger partial charge >= 0.3 is 0 Å². The summed E-state index contributed by atoms with van der Waals surface area (Å²) in [6, 6.07) is 7.87. The molecule has 0 radical (unpaired) electrons. The molecule has 1 saturated heterocycles. The molecule has 3 heterocycles. The minimum atomic E-state index is 0.0279. The number of piperidine rings is 1. The number of nitrogens with one attached hydrogen (secondary N) is 1. The second-order valence-electron chi connectivity index (χ2n) is 8.02. The van der Waals surface area contributed by atoms with Crippen molar-refractivity contribution in [1.82, 2.24) is 14.9 Å². The molecule has 3 aromatic rings. The number of H-pyrrole nitrogens is 1. The summed E-state index contributed by atoms with van der Waals surface area (Å²) in [4.78, 5) is 25.1. The van der Waals surface area contributed by atoms with Crippen LogP contribution in [-0.2, 0) is 19.4 Å². The number of aryl methyl sites for hydroxylation is 2. The molecule has 1 aromatic carbocycles. The van der Waals surface area contributed by atoms with E-state index < -0.39 is 0 Å². The molecule has 30 heavy (non-hydrogen) atoms. The maximum atomic E-state index is 12.7. The number of hydrogen-bond donors (Lipinski definition) is 1. The third-order valence-corrected chi connectivity index (χ3v) is 7.16. The fourth-order valence-corrected chi connectivity index (χ4v) is 5.80. The van der Waals surface area contributed by atoms with Crippen molar-refractivity contribution in [1.29, 1.82) is 0 Å². The summed E-state index contributed by atoms with van der Waals surface area (Å²) in [5, 5.41) is 0.830. The van der Waals surface area contributed by atoms with Crippen LogP contribution in [-0.4, -0.2) is 40.7 Å². The van der Waals surface area contributed by atoms with Crippen molar-refractivity contribution >= 4 is 21.6 Å². The van der Waals surface area contributed by atoms with Crippen LogP contribution in [0.25, 0.3) is 10.2 Å². The summed E-state index contributed by atoms with van der Waals surface area (Å²) in [6.07, 6.45) is 5.33. The van der Waals surface area contributed by atoms with Crippen molar-refractivity contribution in [2.45, 2.75) is 51.7 Å². The predicted octanol–water partition coefficient (Wildman–Crippen LogP) is 3.92. The van der Waals surface area contributed by atoms with Crippen molar-refractivity contribution in [3.63, 3.8) is 0 Å². The molecule has 0 saturated carbocycles. The highest BCUT2D eigenvalue weighted by atomic mass is 32.1. The molecule has 0 bridgehead atoms. The van der Waals surface area contributed by atoms with Crippen LogP contribution < -0.4 is 15.0 Å². The van der Waals surface area contributed by atoms with Crippen LogP contribution in [0.3, 0.4) is 0 Å². The first kappa shape index (κ1) is 19.6. The van der Waals surface area contributed by atoms with Gasteiger partial charge in [0.15, 0.2) is 11.5 Å². The number of aromatic amines is 1. The van der Waals surface area contributed by atoms with Gasteiger partial charge in [-0.2, -0.15) is 0 Å². The SMILES string of the molecule is CCOc1ccccc1OC1CCN(Cc2nc3sc4c(c3c(=O)[nH]2)CCC4)CC1. The zero-order chi connectivity index (χ0) is 20.5. The number of benzene rings is 1. The maximum Gasteiger partial charge on any atom is 0.259 e. The normalized spacial score (nSPS) is 17.4. The molecule has 2 aromatic heterocycles. The highest BCUT2D eigenvalue weighted by Crippen LogP contribution is 2.34. The molecule has 0 spiro atoms. The van der Waals surface area contributed by atoms with Crippen molar-refractivity contribution in [3.05, 3.63) is 50.9 Å². The van der Waals surface area contributed by atoms with Crippen LogP contribution in [0, 0.1) is 0 Å². The van der Waals surface area contributed by atoms with Gasteiger partial charge in [-0.05, 0) is 56.7 Å². The second-order valence-corrected chi connectivity index (χ2v) is 9.11. The highest BCUT2D eigenvalue weighted by molar-refractivity contribution is 7.18. The molecule has 1 fully saturated rings. The number of likely N-dealkylation sites (tertiary alicyclic amines) is 1. The van der Waals surface area contributed by atoms with Gasteiger partial charge < -0.3 is 14.5 Å². The highest BCUT2D eigenvalue weighted by Gasteiger charge is 2.24. The van der Waals surface area contributed by atoms with Gasteiger partial charge in [0.05, 0.1) is 18.5 Å². The maximum absolute atomic E-state index is 12.7. The first-order chi connectivity index (χ1) is 14.7. The number of ether oxygens (including phenoxy) is 2. The van der Waals surface area contributed by atoms with Crippen molar-refractivity contribution in [2.75, 3.05) is 19.7 Å². The molecule has 1 aliphatic carbocycles. The minimum absolute atomic E-state index is 0.0279. The fraction of sp³-hybridized carbons (Fsp3) is 0.478. The first-order valence-electron chi connectivity index (χ1n) is 10.9. The standard InChI is InChI=1S/C23H27N3O3S/c1-2-28-17-7-3-4-8-18(17)29-15-10-12-26(13-11-15)14-20-24-22(27)21-16-6-5-9-19(16)30-23(21)25-20/h3-4,7-8,15H,2,5-6,9-14H2,1H3,(H,24,25,27). The van der Waals surface area contributed by atoms with Crippen LogP contribution in [0.15, 0.2) is 29.1 Å². The van der Waals surface area contributed by atoms with Gasteiger partial charge in [0.1, 0.15) is 16.8 Å². The van der Waals surface area contributed by atoms with Gasteiger partial charge in [-0.25, -0.2) is 4.98 Å². The molecular weight excluding hydrogens is 398 g/mol. The Morgan fingerprint density at radius 3 is 2.80 bits per heavy atom. The van der Waals surface area contributed by atoms with E-state index in [0.717, 1.165) is 72.7 Å². The molecule has 158 valence electrons. The van der Waals surface area contributed by atoms with E-state index in [9.17, 15) is 4.79 Å². The molecule has 0 amide bonds. The van der Waals surface area contributed by atoms with Crippen LogP contribution in [0.5, 0.6) is 11.5 Å². The van der Waals surface area contributed by atoms with E-state index in [1.807, 2.05) is 31.2 Å². The predicted molar refractivity (Wildman–Crippen MR) is 119 cm³/mol. The third-order valence-electron chi connectivity index (χ3n) is 5.97. The first-order valence-corrected chi connectivity index (χ1v) is 11.7. The third kappa shape index (κ3) is 3.84. The number of aromatic nitrogens is 2. The zero-order valence-corrected chi connectivity index (χ0v) is 18.1. The largest absolute Gasteiger partial charge is 0.490 e. The quantitative estimate of drug-likeness (QED) is 0.648. The summed E-state index contributed by atoms with van der Waals surface area (Å²) in [6.45, 7) is 5.13. The Bertz CT molecular complexity index is 1100. The van der Waals surface area contributed by atoms with E-state index >= 15 is 0 Å². The smallest absolute Gasteiger partial charge is 0.259 e. The summed E-state index contributed by atoms with van der Waals surface area (Å²) in [7, 11) is 0. The van der Waals surface area contributed by atoms with Crippen LogP contribution in [0.1, 0.15) is 42.5 Å². The van der Waals surface area contributed by atoms with Gasteiger partial charge in [-0.15, -0.1) is 11.3 Å². The molecule has 0 unspecified atom stereocenters. The lowest BCUT2D eigenvalue weighted by atomic mass is 10.1. The van der Waals surface area contributed by atoms with Gasteiger partial charge in [0.25, 0.3) is 5.56 Å². The van der Waals surface area contributed by atoms with E-state index in [4.69, 9.17) is 14.5 Å². The molecule has 0 atom stereocenters. The van der Waals surface area contributed by atoms with E-state index in [1.165, 1.54) is 10.4 Å². The molecule has 2 aliphatic rings. The van der Waals surface area contributed by atoms with Crippen molar-refractivity contribution < 1.29 is 9.47 Å². The molecule has 6 nitrogen and oxygen atoms in total. The summed E-state index contributed by atoms with van der Waals surface area (Å²) < 4.78 is 11.9. The number of para-hydroxylation sites is 2. The minimum Gasteiger partial charge on any atom is -0.490 e. The Balaban J connectivity index is 1.22. The lowest BCUT2D eigenvalue weighted by Gasteiger charge is -2.32. The van der Waals surface area contributed by atoms with Gasteiger partial charge in [0, 0.05) is 18.0 Å². The second kappa shape index (κ2) is 8.40. The van der Waals surface area contributed by atoms with E-state index in [1.54, 1.807) is 11.3 Å². The van der Waals surface area contributed by atoms with Crippen molar-refractivity contribution in [3.8, 4) is 11.5 Å². The van der Waals surface area contributed by atoms with Crippen LogP contribution >= 0.6 is 11.3 Å². The molecular formula is C23H27N3O3S. The molecule has 7 heteroatoms. The number of fused-ring (bicyclic) bond motifs is 3.